The molecule has 0 unspecified atom stereocenters. The monoisotopic (exact) mass is 527 g/mol. The Hall–Kier alpha value is -4.51. The first-order chi connectivity index (χ1) is 19.2. The highest BCUT2D eigenvalue weighted by Gasteiger charge is 2.31. The van der Waals surface area contributed by atoms with Gasteiger partial charge in [-0.25, -0.2) is 9.97 Å². The van der Waals surface area contributed by atoms with Crippen molar-refractivity contribution in [3.8, 4) is 22.8 Å². The Bertz CT molecular complexity index is 1800. The van der Waals surface area contributed by atoms with Crippen LogP contribution in [0.2, 0.25) is 0 Å². The lowest BCUT2D eigenvalue weighted by Gasteiger charge is -2.25. The van der Waals surface area contributed by atoms with E-state index in [0.717, 1.165) is 28.9 Å². The molecule has 0 fully saturated rings. The van der Waals surface area contributed by atoms with Crippen LogP contribution in [0.5, 0.6) is 11.5 Å². The molecule has 40 heavy (non-hydrogen) atoms. The molecule has 1 aliphatic carbocycles. The summed E-state index contributed by atoms with van der Waals surface area (Å²) < 4.78 is 6.54. The molecule has 0 spiro atoms. The third-order valence-corrected chi connectivity index (χ3v) is 8.10. The molecule has 0 bridgehead atoms. The van der Waals surface area contributed by atoms with Gasteiger partial charge in [0.2, 0.25) is 0 Å². The van der Waals surface area contributed by atoms with Gasteiger partial charge in [0.1, 0.15) is 17.1 Å². The molecule has 1 heterocycles. The fraction of sp³-hybridized carbons (Fsp3) is 0.229. The molecule has 0 aliphatic heterocycles. The molecule has 0 amide bonds. The molecule has 6 rings (SSSR count). The zero-order valence-electron chi connectivity index (χ0n) is 23.8. The van der Waals surface area contributed by atoms with Crippen LogP contribution in [0.3, 0.4) is 0 Å². The molecule has 5 heteroatoms. The summed E-state index contributed by atoms with van der Waals surface area (Å²) in [6.45, 7) is 12.7. The van der Waals surface area contributed by atoms with Crippen molar-refractivity contribution in [1.29, 1.82) is 0 Å². The summed E-state index contributed by atoms with van der Waals surface area (Å²) in [5.74, 6) is 1.86. The van der Waals surface area contributed by atoms with Crippen LogP contribution < -0.4 is 10.1 Å². The van der Waals surface area contributed by atoms with E-state index in [-0.39, 0.29) is 11.2 Å². The number of aromatic nitrogens is 2. The maximum atomic E-state index is 14.0. The number of fused-ring (bicyclic) bond motifs is 2. The van der Waals surface area contributed by atoms with E-state index in [4.69, 9.17) is 14.7 Å². The smallest absolute Gasteiger partial charge is 0.196 e. The molecule has 1 aliphatic rings. The number of hydrogen-bond acceptors (Lipinski definition) is 5. The van der Waals surface area contributed by atoms with E-state index in [1.54, 1.807) is 0 Å². The lowest BCUT2D eigenvalue weighted by molar-refractivity contribution is 0.104. The SMILES string of the molecule is CCC(C)(C)c1ccc(Oc2cc(Nc3ccc(C)cc3C)c3c4c(nc(C)nc24)-c2ccccc2C3=O)cc1. The molecule has 1 N–H and O–H groups in total. The number of carbonyl (C=O) groups is 1. The molecule has 0 atom stereocenters. The van der Waals surface area contributed by atoms with Crippen molar-refractivity contribution >= 4 is 28.1 Å². The van der Waals surface area contributed by atoms with Crippen molar-refractivity contribution in [3.63, 3.8) is 0 Å². The largest absolute Gasteiger partial charge is 0.455 e. The molecule has 0 radical (unpaired) electrons. The molecule has 200 valence electrons. The number of anilines is 2. The predicted octanol–water partition coefficient (Wildman–Crippen LogP) is 8.99. The van der Waals surface area contributed by atoms with Crippen molar-refractivity contribution in [2.75, 3.05) is 5.32 Å². The third-order valence-electron chi connectivity index (χ3n) is 8.10. The Balaban J connectivity index is 1.57. The predicted molar refractivity (Wildman–Crippen MR) is 162 cm³/mol. The summed E-state index contributed by atoms with van der Waals surface area (Å²) in [6.07, 6.45) is 1.04. The van der Waals surface area contributed by atoms with Crippen LogP contribution in [0.1, 0.15) is 65.6 Å². The van der Waals surface area contributed by atoms with Crippen LogP contribution >= 0.6 is 0 Å². The number of carbonyl (C=O) groups excluding carboxylic acids is 1. The minimum absolute atomic E-state index is 0.0504. The lowest BCUT2D eigenvalue weighted by atomic mass is 9.82. The first kappa shape index (κ1) is 25.8. The molecular weight excluding hydrogens is 494 g/mol. The second-order valence-electron chi connectivity index (χ2n) is 11.3. The number of rotatable bonds is 6. The zero-order chi connectivity index (χ0) is 28.2. The normalized spacial score (nSPS) is 12.4. The second kappa shape index (κ2) is 9.60. The number of nitrogens with one attached hydrogen (secondary N) is 1. The summed E-state index contributed by atoms with van der Waals surface area (Å²) in [7, 11) is 0. The van der Waals surface area contributed by atoms with Gasteiger partial charge in [-0.1, -0.05) is 74.9 Å². The Kier molecular flexibility index (Phi) is 6.18. The summed E-state index contributed by atoms with van der Waals surface area (Å²) in [6, 6.07) is 24.1. The lowest BCUT2D eigenvalue weighted by Crippen LogP contribution is -2.15. The number of nitrogens with zero attached hydrogens (tertiary/aromatic N) is 2. The van der Waals surface area contributed by atoms with Gasteiger partial charge in [-0.05, 0) is 61.9 Å². The van der Waals surface area contributed by atoms with Crippen LogP contribution in [0.25, 0.3) is 22.2 Å². The standard InChI is InChI=1S/C35H33N3O2/c1-7-35(5,6)23-13-15-24(16-14-23)40-29-19-28(38-27-17-12-20(2)18-21(27)3)30-31-32(36-22(4)37-33(29)31)25-10-8-9-11-26(25)34(30)39/h8-19,38H,7H2,1-6H3. The maximum Gasteiger partial charge on any atom is 0.196 e. The number of aryl methyl sites for hydroxylation is 3. The van der Waals surface area contributed by atoms with Gasteiger partial charge in [-0.15, -0.1) is 0 Å². The van der Waals surface area contributed by atoms with Gasteiger partial charge in [-0.2, -0.15) is 0 Å². The molecule has 0 saturated carbocycles. The zero-order valence-corrected chi connectivity index (χ0v) is 23.8. The van der Waals surface area contributed by atoms with E-state index in [1.807, 2.05) is 55.5 Å². The Morgan fingerprint density at radius 3 is 2.27 bits per heavy atom. The van der Waals surface area contributed by atoms with Gasteiger partial charge < -0.3 is 10.1 Å². The highest BCUT2D eigenvalue weighted by Crippen LogP contribution is 2.46. The topological polar surface area (TPSA) is 64.1 Å². The van der Waals surface area contributed by atoms with Gasteiger partial charge in [0, 0.05) is 28.3 Å². The molecule has 0 saturated heterocycles. The van der Waals surface area contributed by atoms with Crippen molar-refractivity contribution < 1.29 is 9.53 Å². The Morgan fingerprint density at radius 2 is 1.57 bits per heavy atom. The number of ketones is 1. The Morgan fingerprint density at radius 1 is 0.850 bits per heavy atom. The van der Waals surface area contributed by atoms with Crippen LogP contribution in [0, 0.1) is 20.8 Å². The van der Waals surface area contributed by atoms with Gasteiger partial charge in [-0.3, -0.25) is 4.79 Å². The number of benzene rings is 4. The van der Waals surface area contributed by atoms with Crippen LogP contribution in [0.15, 0.2) is 72.8 Å². The van der Waals surface area contributed by atoms with E-state index in [9.17, 15) is 4.79 Å². The highest BCUT2D eigenvalue weighted by atomic mass is 16.5. The van der Waals surface area contributed by atoms with Crippen LogP contribution in [0.4, 0.5) is 11.4 Å². The van der Waals surface area contributed by atoms with Crippen molar-refractivity contribution in [1.82, 2.24) is 9.97 Å². The maximum absolute atomic E-state index is 14.0. The van der Waals surface area contributed by atoms with E-state index in [0.29, 0.717) is 45.0 Å². The summed E-state index contributed by atoms with van der Waals surface area (Å²) in [5, 5.41) is 4.27. The summed E-state index contributed by atoms with van der Waals surface area (Å²) in [4.78, 5) is 23.7. The number of hydrogen-bond donors (Lipinski definition) is 1. The minimum atomic E-state index is -0.0504. The number of ether oxygens (including phenoxy) is 1. The van der Waals surface area contributed by atoms with Gasteiger partial charge in [0.25, 0.3) is 0 Å². The van der Waals surface area contributed by atoms with Gasteiger partial charge >= 0.3 is 0 Å². The molecule has 1 aromatic heterocycles. The van der Waals surface area contributed by atoms with E-state index >= 15 is 0 Å². The third kappa shape index (κ3) is 4.32. The van der Waals surface area contributed by atoms with Gasteiger partial charge in [0.05, 0.1) is 16.9 Å². The average molecular weight is 528 g/mol. The fourth-order valence-corrected chi connectivity index (χ4v) is 5.43. The van der Waals surface area contributed by atoms with Crippen LogP contribution in [-0.2, 0) is 5.41 Å². The molecule has 4 aromatic carbocycles. The molecular formula is C35H33N3O2. The first-order valence-electron chi connectivity index (χ1n) is 13.8. The minimum Gasteiger partial charge on any atom is -0.455 e. The van der Waals surface area contributed by atoms with Crippen molar-refractivity contribution in [3.05, 3.63) is 106 Å². The highest BCUT2D eigenvalue weighted by molar-refractivity contribution is 6.28. The second-order valence-corrected chi connectivity index (χ2v) is 11.3. The quantitative estimate of drug-likeness (QED) is 0.234. The van der Waals surface area contributed by atoms with Crippen LogP contribution in [-0.4, -0.2) is 15.8 Å². The fourth-order valence-electron chi connectivity index (χ4n) is 5.43. The van der Waals surface area contributed by atoms with Crippen molar-refractivity contribution in [2.45, 2.75) is 53.4 Å². The average Bonchev–Trinajstić information content (AvgIpc) is 2.94. The molecule has 5 nitrogen and oxygen atoms in total. The van der Waals surface area contributed by atoms with E-state index < -0.39 is 0 Å². The van der Waals surface area contributed by atoms with E-state index in [1.165, 1.54) is 11.1 Å². The summed E-state index contributed by atoms with van der Waals surface area (Å²) in [5.41, 5.74) is 8.62. The van der Waals surface area contributed by atoms with E-state index in [2.05, 4.69) is 64.2 Å². The van der Waals surface area contributed by atoms with Crippen molar-refractivity contribution in [2.24, 2.45) is 0 Å². The summed E-state index contributed by atoms with van der Waals surface area (Å²) >= 11 is 0. The van der Waals surface area contributed by atoms with Gasteiger partial charge in [0.15, 0.2) is 11.5 Å². The Labute approximate surface area is 235 Å². The first-order valence-corrected chi connectivity index (χ1v) is 13.8. The molecule has 5 aromatic rings.